The SMILES string of the molecule is O=C(NC1C(OC(F)F)=CC=CC1(Cl)C(F)(C(F)(F)F)C(F)(F)F)c1ccc2ncccc2c1. The Balaban J connectivity index is 2.11. The average Bonchev–Trinajstić information content (AvgIpc) is 2.73. The van der Waals surface area contributed by atoms with Gasteiger partial charge in [-0.05, 0) is 30.3 Å². The van der Waals surface area contributed by atoms with E-state index in [-0.39, 0.29) is 11.6 Å². The lowest BCUT2D eigenvalue weighted by molar-refractivity contribution is -0.350. The molecule has 1 amide bonds. The molecule has 0 saturated heterocycles. The van der Waals surface area contributed by atoms with E-state index in [0.717, 1.165) is 6.07 Å². The number of pyridine rings is 1. The maximum atomic E-state index is 15.0. The van der Waals surface area contributed by atoms with Gasteiger partial charge in [0.15, 0.2) is 0 Å². The molecule has 1 N–H and O–H groups in total. The molecule has 1 heterocycles. The summed E-state index contributed by atoms with van der Waals surface area (Å²) in [6.45, 7) is -3.74. The van der Waals surface area contributed by atoms with Gasteiger partial charge in [-0.3, -0.25) is 9.78 Å². The topological polar surface area (TPSA) is 51.2 Å². The number of hydrogen-bond donors (Lipinski definition) is 1. The van der Waals surface area contributed by atoms with E-state index in [1.807, 2.05) is 0 Å². The zero-order chi connectivity index (χ0) is 25.5. The second-order valence-electron chi connectivity index (χ2n) is 7.05. The van der Waals surface area contributed by atoms with Crippen molar-refractivity contribution in [1.82, 2.24) is 10.3 Å². The maximum Gasteiger partial charge on any atom is 0.433 e. The summed E-state index contributed by atoms with van der Waals surface area (Å²) < 4.78 is 126. The summed E-state index contributed by atoms with van der Waals surface area (Å²) in [5, 5.41) is 2.05. The van der Waals surface area contributed by atoms with E-state index in [9.17, 15) is 39.9 Å². The Morgan fingerprint density at radius 3 is 2.32 bits per heavy atom. The number of fused-ring (bicyclic) bond motifs is 1. The predicted molar refractivity (Wildman–Crippen MR) is 102 cm³/mol. The predicted octanol–water partition coefficient (Wildman–Crippen LogP) is 5.84. The number of aromatic nitrogens is 1. The molecule has 2 unspecified atom stereocenters. The Morgan fingerprint density at radius 1 is 1.09 bits per heavy atom. The first-order chi connectivity index (χ1) is 15.6. The van der Waals surface area contributed by atoms with E-state index < -0.39 is 47.2 Å². The fourth-order valence-corrected chi connectivity index (χ4v) is 3.86. The summed E-state index contributed by atoms with van der Waals surface area (Å²) >= 11 is 5.63. The number of carbonyl (C=O) groups excluding carboxylic acids is 1. The smallest absolute Gasteiger partial charge is 0.433 e. The minimum absolute atomic E-state index is 0.0247. The highest BCUT2D eigenvalue weighted by Gasteiger charge is 2.83. The first-order valence-electron chi connectivity index (χ1n) is 9.13. The van der Waals surface area contributed by atoms with Crippen LogP contribution in [0, 0.1) is 0 Å². The number of halogens is 10. The highest BCUT2D eigenvalue weighted by atomic mass is 35.5. The van der Waals surface area contributed by atoms with Crippen molar-refractivity contribution in [2.24, 2.45) is 0 Å². The quantitative estimate of drug-likeness (QED) is 0.400. The molecule has 1 aliphatic rings. The largest absolute Gasteiger partial charge is 0.437 e. The molecule has 1 aromatic heterocycles. The Morgan fingerprint density at radius 2 is 1.74 bits per heavy atom. The number of nitrogens with zero attached hydrogens (tertiary/aromatic N) is 1. The summed E-state index contributed by atoms with van der Waals surface area (Å²) in [6.07, 6.45) is -11.0. The molecule has 0 saturated carbocycles. The first-order valence-corrected chi connectivity index (χ1v) is 9.51. The van der Waals surface area contributed by atoms with Crippen LogP contribution in [0.1, 0.15) is 10.4 Å². The number of ether oxygens (including phenoxy) is 1. The minimum Gasteiger partial charge on any atom is -0.437 e. The van der Waals surface area contributed by atoms with Gasteiger partial charge in [-0.25, -0.2) is 4.39 Å². The van der Waals surface area contributed by atoms with Crippen LogP contribution in [0.2, 0.25) is 0 Å². The molecule has 2 aromatic rings. The Hall–Kier alpha value is -2.96. The fourth-order valence-electron chi connectivity index (χ4n) is 3.41. The van der Waals surface area contributed by atoms with Gasteiger partial charge < -0.3 is 10.1 Å². The zero-order valence-electron chi connectivity index (χ0n) is 16.4. The highest BCUT2D eigenvalue weighted by molar-refractivity contribution is 6.27. The van der Waals surface area contributed by atoms with Crippen molar-refractivity contribution in [3.63, 3.8) is 0 Å². The van der Waals surface area contributed by atoms with E-state index in [4.69, 9.17) is 11.6 Å². The normalized spacial score (nSPS) is 21.5. The van der Waals surface area contributed by atoms with Gasteiger partial charge in [-0.1, -0.05) is 18.2 Å². The van der Waals surface area contributed by atoms with E-state index in [2.05, 4.69) is 9.72 Å². The van der Waals surface area contributed by atoms with E-state index >= 15 is 4.39 Å². The lowest BCUT2D eigenvalue weighted by Gasteiger charge is -2.46. The van der Waals surface area contributed by atoms with Crippen LogP contribution in [0.15, 0.2) is 60.5 Å². The molecule has 3 rings (SSSR count). The van der Waals surface area contributed by atoms with Crippen LogP contribution in [0.3, 0.4) is 0 Å². The van der Waals surface area contributed by atoms with Crippen molar-refractivity contribution >= 4 is 28.4 Å². The molecule has 34 heavy (non-hydrogen) atoms. The number of benzene rings is 1. The van der Waals surface area contributed by atoms with Gasteiger partial charge in [0.05, 0.1) is 5.52 Å². The maximum absolute atomic E-state index is 15.0. The first kappa shape index (κ1) is 25.7. The van der Waals surface area contributed by atoms with Crippen LogP contribution in [-0.2, 0) is 4.74 Å². The number of allylic oxidation sites excluding steroid dienone is 2. The summed E-state index contributed by atoms with van der Waals surface area (Å²) in [6, 6.07) is 3.75. The van der Waals surface area contributed by atoms with Crippen molar-refractivity contribution in [3.05, 3.63) is 66.1 Å². The Kier molecular flexibility index (Phi) is 6.55. The van der Waals surface area contributed by atoms with Crippen molar-refractivity contribution in [3.8, 4) is 0 Å². The highest BCUT2D eigenvalue weighted by Crippen LogP contribution is 2.58. The summed E-state index contributed by atoms with van der Waals surface area (Å²) in [5.74, 6) is -2.66. The van der Waals surface area contributed by atoms with Gasteiger partial charge in [0.25, 0.3) is 5.91 Å². The molecule has 0 aliphatic heterocycles. The van der Waals surface area contributed by atoms with E-state index in [1.54, 1.807) is 5.32 Å². The van der Waals surface area contributed by atoms with Crippen molar-refractivity contribution in [2.45, 2.75) is 35.5 Å². The molecular formula is C20H12ClF9N2O2. The third kappa shape index (κ3) is 4.28. The van der Waals surface area contributed by atoms with Crippen molar-refractivity contribution < 1.29 is 49.0 Å². The van der Waals surface area contributed by atoms with Crippen LogP contribution in [0.25, 0.3) is 10.9 Å². The van der Waals surface area contributed by atoms with Gasteiger partial charge in [-0.15, -0.1) is 11.6 Å². The van der Waals surface area contributed by atoms with Gasteiger partial charge in [0, 0.05) is 17.1 Å². The lowest BCUT2D eigenvalue weighted by Crippen LogP contribution is -2.72. The molecule has 14 heteroatoms. The zero-order valence-corrected chi connectivity index (χ0v) is 17.2. The van der Waals surface area contributed by atoms with E-state index in [1.165, 1.54) is 30.5 Å². The molecule has 0 radical (unpaired) electrons. The molecular weight excluding hydrogens is 507 g/mol. The summed E-state index contributed by atoms with van der Waals surface area (Å²) in [5.41, 5.74) is -6.10. The van der Waals surface area contributed by atoms with Crippen LogP contribution in [-0.4, -0.2) is 46.4 Å². The third-order valence-corrected chi connectivity index (χ3v) is 5.58. The monoisotopic (exact) mass is 518 g/mol. The second kappa shape index (κ2) is 8.67. The fraction of sp³-hybridized carbons (Fsp3) is 0.300. The lowest BCUT2D eigenvalue weighted by atomic mass is 9.77. The van der Waals surface area contributed by atoms with Gasteiger partial charge in [-0.2, -0.15) is 35.1 Å². The molecule has 0 fully saturated rings. The summed E-state index contributed by atoms with van der Waals surface area (Å²) in [4.78, 5) is 12.5. The number of hydrogen-bond acceptors (Lipinski definition) is 3. The molecule has 184 valence electrons. The third-order valence-electron chi connectivity index (χ3n) is 4.98. The second-order valence-corrected chi connectivity index (χ2v) is 7.67. The van der Waals surface area contributed by atoms with Gasteiger partial charge in [0.2, 0.25) is 0 Å². The van der Waals surface area contributed by atoms with Gasteiger partial charge in [0.1, 0.15) is 16.7 Å². The van der Waals surface area contributed by atoms with Gasteiger partial charge >= 0.3 is 24.6 Å². The number of nitrogens with one attached hydrogen (secondary N) is 1. The Bertz CT molecular complexity index is 1130. The van der Waals surface area contributed by atoms with Crippen LogP contribution in [0.4, 0.5) is 39.5 Å². The van der Waals surface area contributed by atoms with Crippen molar-refractivity contribution in [1.29, 1.82) is 0 Å². The number of amides is 1. The molecule has 1 aliphatic carbocycles. The van der Waals surface area contributed by atoms with Crippen molar-refractivity contribution in [2.75, 3.05) is 0 Å². The molecule has 2 atom stereocenters. The Labute approximate surface area is 190 Å². The standard InChI is InChI=1S/C20H12ClF9N2O2/c21-17(18(24,19(25,26)27)20(28,29)30)7-1-4-13(34-16(22)23)14(17)32-15(33)11-5-6-12-10(9-11)3-2-8-31-12/h1-9,14,16H,(H,32,33). The van der Waals surface area contributed by atoms with E-state index in [0.29, 0.717) is 23.1 Å². The molecule has 0 bridgehead atoms. The van der Waals surface area contributed by atoms with Crippen LogP contribution >= 0.6 is 11.6 Å². The molecule has 1 aromatic carbocycles. The molecule has 0 spiro atoms. The average molecular weight is 519 g/mol. The molecule has 4 nitrogen and oxygen atoms in total. The van der Waals surface area contributed by atoms with Crippen LogP contribution in [0.5, 0.6) is 0 Å². The van der Waals surface area contributed by atoms with Crippen LogP contribution < -0.4 is 5.32 Å². The minimum atomic E-state index is -6.66. The summed E-state index contributed by atoms with van der Waals surface area (Å²) in [7, 11) is 0. The number of alkyl halides is 10. The number of carbonyl (C=O) groups is 1. The number of rotatable bonds is 5.